The van der Waals surface area contributed by atoms with Crippen molar-refractivity contribution in [3.8, 4) is 11.5 Å². The zero-order valence-electron chi connectivity index (χ0n) is 15.8. The summed E-state index contributed by atoms with van der Waals surface area (Å²) >= 11 is 6.06. The highest BCUT2D eigenvalue weighted by Gasteiger charge is 2.28. The van der Waals surface area contributed by atoms with Gasteiger partial charge in [-0.15, -0.1) is 0 Å². The average molecular weight is 416 g/mol. The fourth-order valence-electron chi connectivity index (χ4n) is 3.42. The second kappa shape index (κ2) is 8.61. The number of rotatable bonds is 4. The van der Waals surface area contributed by atoms with Gasteiger partial charge in [0.15, 0.2) is 11.5 Å². The Labute approximate surface area is 174 Å². The lowest BCUT2D eigenvalue weighted by Crippen LogP contribution is -2.52. The summed E-state index contributed by atoms with van der Waals surface area (Å²) in [6.07, 6.45) is -0.766. The Kier molecular flexibility index (Phi) is 5.76. The Morgan fingerprint density at radius 3 is 2.55 bits per heavy atom. The lowest BCUT2D eigenvalue weighted by Gasteiger charge is -2.36. The minimum atomic E-state index is -0.766. The molecule has 1 fully saturated rings. The van der Waals surface area contributed by atoms with E-state index in [-0.39, 0.29) is 25.0 Å². The van der Waals surface area contributed by atoms with Gasteiger partial charge in [-0.2, -0.15) is 0 Å². The topological polar surface area (TPSA) is 71.1 Å². The van der Waals surface area contributed by atoms with E-state index < -0.39 is 6.10 Å². The molecule has 2 aliphatic heterocycles. The molecular formula is C21H22ClN3O4. The first-order chi connectivity index (χ1) is 14.1. The van der Waals surface area contributed by atoms with E-state index in [2.05, 4.69) is 10.2 Å². The van der Waals surface area contributed by atoms with E-state index in [4.69, 9.17) is 21.1 Å². The Bertz CT molecular complexity index is 899. The summed E-state index contributed by atoms with van der Waals surface area (Å²) in [6, 6.07) is 14.9. The van der Waals surface area contributed by atoms with Crippen LogP contribution < -0.4 is 19.7 Å². The molecule has 0 bridgehead atoms. The molecule has 0 radical (unpaired) electrons. The molecule has 0 unspecified atom stereocenters. The van der Waals surface area contributed by atoms with Crippen molar-refractivity contribution in [2.45, 2.75) is 6.10 Å². The van der Waals surface area contributed by atoms with Gasteiger partial charge in [0.2, 0.25) is 12.0 Å². The number of carbonyl (C=O) groups excluding carboxylic acids is 2. The van der Waals surface area contributed by atoms with Crippen LogP contribution in [0.25, 0.3) is 0 Å². The predicted octanol–water partition coefficient (Wildman–Crippen LogP) is 1.94. The quantitative estimate of drug-likeness (QED) is 0.826. The zero-order chi connectivity index (χ0) is 20.2. The first-order valence-corrected chi connectivity index (χ1v) is 9.92. The molecule has 2 aromatic carbocycles. The van der Waals surface area contributed by atoms with Crippen LogP contribution in [0.4, 0.5) is 5.69 Å². The lowest BCUT2D eigenvalue weighted by atomic mass is 10.2. The van der Waals surface area contributed by atoms with Gasteiger partial charge in [-0.25, -0.2) is 0 Å². The molecule has 1 atom stereocenters. The van der Waals surface area contributed by atoms with E-state index >= 15 is 0 Å². The number of nitrogens with zero attached hydrogens (tertiary/aromatic N) is 2. The van der Waals surface area contributed by atoms with Crippen molar-refractivity contribution >= 4 is 29.1 Å². The second-order valence-electron chi connectivity index (χ2n) is 6.93. The molecule has 2 aromatic rings. The number of hydrogen-bond acceptors (Lipinski definition) is 5. The maximum absolute atomic E-state index is 12.5. The summed E-state index contributed by atoms with van der Waals surface area (Å²) in [4.78, 5) is 28.8. The van der Waals surface area contributed by atoms with Crippen LogP contribution in [0.2, 0.25) is 5.02 Å². The van der Waals surface area contributed by atoms with E-state index in [1.165, 1.54) is 0 Å². The number of fused-ring (bicyclic) bond motifs is 1. The van der Waals surface area contributed by atoms with Gasteiger partial charge in [0.05, 0.1) is 6.54 Å². The highest BCUT2D eigenvalue weighted by Crippen LogP contribution is 2.30. The van der Waals surface area contributed by atoms with Crippen molar-refractivity contribution in [3.05, 3.63) is 53.6 Å². The minimum absolute atomic E-state index is 0.0580. The lowest BCUT2D eigenvalue weighted by molar-refractivity contribution is -0.136. The maximum Gasteiger partial charge on any atom is 0.265 e. The molecule has 4 rings (SSSR count). The number of para-hydroxylation sites is 2. The van der Waals surface area contributed by atoms with Gasteiger partial charge in [0, 0.05) is 36.9 Å². The predicted molar refractivity (Wildman–Crippen MR) is 110 cm³/mol. The Hall–Kier alpha value is -2.93. The molecule has 7 nitrogen and oxygen atoms in total. The second-order valence-corrected chi connectivity index (χ2v) is 7.37. The highest BCUT2D eigenvalue weighted by molar-refractivity contribution is 6.30. The van der Waals surface area contributed by atoms with Crippen molar-refractivity contribution in [3.63, 3.8) is 0 Å². The van der Waals surface area contributed by atoms with Gasteiger partial charge in [0.25, 0.3) is 5.91 Å². The van der Waals surface area contributed by atoms with Crippen molar-refractivity contribution in [2.75, 3.05) is 44.2 Å². The smallest absolute Gasteiger partial charge is 0.265 e. The van der Waals surface area contributed by atoms with Crippen LogP contribution in [-0.2, 0) is 9.59 Å². The molecule has 2 heterocycles. The first kappa shape index (κ1) is 19.4. The number of halogens is 1. The SMILES string of the molecule is O=C(NCC(=O)N1CCN(c2cccc(Cl)c2)CC1)[C@@H]1COc2ccccc2O1. The molecule has 29 heavy (non-hydrogen) atoms. The van der Waals surface area contributed by atoms with E-state index in [0.717, 1.165) is 18.8 Å². The van der Waals surface area contributed by atoms with Gasteiger partial charge in [-0.1, -0.05) is 29.8 Å². The number of amides is 2. The van der Waals surface area contributed by atoms with Crippen molar-refractivity contribution in [1.82, 2.24) is 10.2 Å². The number of carbonyl (C=O) groups is 2. The Morgan fingerprint density at radius 2 is 1.79 bits per heavy atom. The van der Waals surface area contributed by atoms with Crippen LogP contribution in [0.5, 0.6) is 11.5 Å². The molecule has 2 amide bonds. The fraction of sp³-hybridized carbons (Fsp3) is 0.333. The van der Waals surface area contributed by atoms with E-state index in [1.54, 1.807) is 17.0 Å². The normalized spacial score (nSPS) is 18.3. The Balaban J connectivity index is 1.24. The molecular weight excluding hydrogens is 394 g/mol. The molecule has 0 aliphatic carbocycles. The Morgan fingerprint density at radius 1 is 1.03 bits per heavy atom. The summed E-state index contributed by atoms with van der Waals surface area (Å²) < 4.78 is 11.2. The molecule has 2 aliphatic rings. The number of hydrogen-bond donors (Lipinski definition) is 1. The minimum Gasteiger partial charge on any atom is -0.485 e. The largest absolute Gasteiger partial charge is 0.485 e. The van der Waals surface area contributed by atoms with E-state index in [0.29, 0.717) is 29.6 Å². The monoisotopic (exact) mass is 415 g/mol. The van der Waals surface area contributed by atoms with E-state index in [9.17, 15) is 9.59 Å². The van der Waals surface area contributed by atoms with Crippen molar-refractivity contribution < 1.29 is 19.1 Å². The molecule has 0 saturated carbocycles. The average Bonchev–Trinajstić information content (AvgIpc) is 2.77. The first-order valence-electron chi connectivity index (χ1n) is 9.54. The van der Waals surface area contributed by atoms with Crippen LogP contribution in [-0.4, -0.2) is 62.1 Å². The van der Waals surface area contributed by atoms with Gasteiger partial charge >= 0.3 is 0 Å². The number of piperazine rings is 1. The zero-order valence-corrected chi connectivity index (χ0v) is 16.6. The molecule has 0 aromatic heterocycles. The molecule has 8 heteroatoms. The van der Waals surface area contributed by atoms with Crippen molar-refractivity contribution in [1.29, 1.82) is 0 Å². The van der Waals surface area contributed by atoms with Crippen LogP contribution in [0.15, 0.2) is 48.5 Å². The number of nitrogens with one attached hydrogen (secondary N) is 1. The maximum atomic E-state index is 12.5. The fourth-order valence-corrected chi connectivity index (χ4v) is 3.61. The summed E-state index contributed by atoms with van der Waals surface area (Å²) in [7, 11) is 0. The van der Waals surface area contributed by atoms with Gasteiger partial charge in [-0.05, 0) is 30.3 Å². The van der Waals surface area contributed by atoms with Crippen LogP contribution in [0, 0.1) is 0 Å². The third-order valence-corrected chi connectivity index (χ3v) is 5.26. The number of ether oxygens (including phenoxy) is 2. The summed E-state index contributed by atoms with van der Waals surface area (Å²) in [5.74, 6) is 0.680. The van der Waals surface area contributed by atoms with Gasteiger partial charge in [-0.3, -0.25) is 9.59 Å². The van der Waals surface area contributed by atoms with Gasteiger partial charge < -0.3 is 24.6 Å². The highest BCUT2D eigenvalue weighted by atomic mass is 35.5. The van der Waals surface area contributed by atoms with Crippen LogP contribution >= 0.6 is 11.6 Å². The van der Waals surface area contributed by atoms with Crippen molar-refractivity contribution in [2.24, 2.45) is 0 Å². The van der Waals surface area contributed by atoms with Crippen LogP contribution in [0.3, 0.4) is 0 Å². The number of anilines is 1. The molecule has 1 N–H and O–H groups in total. The van der Waals surface area contributed by atoms with Crippen LogP contribution in [0.1, 0.15) is 0 Å². The molecule has 0 spiro atoms. The number of benzene rings is 2. The molecule has 1 saturated heterocycles. The van der Waals surface area contributed by atoms with Gasteiger partial charge in [0.1, 0.15) is 6.61 Å². The molecule has 152 valence electrons. The third kappa shape index (κ3) is 4.56. The third-order valence-electron chi connectivity index (χ3n) is 5.02. The summed E-state index contributed by atoms with van der Waals surface area (Å²) in [5, 5.41) is 3.36. The summed E-state index contributed by atoms with van der Waals surface area (Å²) in [6.45, 7) is 2.69. The summed E-state index contributed by atoms with van der Waals surface area (Å²) in [5.41, 5.74) is 1.05. The standard InChI is InChI=1S/C21H22ClN3O4/c22-15-4-3-5-16(12-15)24-8-10-25(11-9-24)20(26)13-23-21(27)19-14-28-17-6-1-2-7-18(17)29-19/h1-7,12,19H,8-11,13-14H2,(H,23,27)/t19-/m0/s1. The van der Waals surface area contributed by atoms with E-state index in [1.807, 2.05) is 36.4 Å².